The number of phenols is 1. The number of aromatic amines is 1. The number of fused-ring (bicyclic) bond motifs is 1. The van der Waals surface area contributed by atoms with Gasteiger partial charge in [0.15, 0.2) is 5.16 Å². The number of thioether (sulfide) groups is 1. The number of phenolic OH excluding ortho intramolecular Hbond substituents is 1. The first kappa shape index (κ1) is 37.0. The van der Waals surface area contributed by atoms with E-state index in [1.807, 2.05) is 12.1 Å². The molecule has 1 aliphatic carbocycles. The average Bonchev–Trinajstić information content (AvgIpc) is 3.55. The molecular weight excluding hydrogens is 714 g/mol. The highest BCUT2D eigenvalue weighted by atomic mass is 32.2. The zero-order valence-electron chi connectivity index (χ0n) is 28.1. The number of hydrogen-bond donors (Lipinski definition) is 3. The highest BCUT2D eigenvalue weighted by molar-refractivity contribution is 7.99. The third-order valence-electron chi connectivity index (χ3n) is 8.75. The lowest BCUT2D eigenvalue weighted by atomic mass is 10.0. The van der Waals surface area contributed by atoms with Crippen LogP contribution in [-0.4, -0.2) is 53.8 Å². The van der Waals surface area contributed by atoms with Crippen molar-refractivity contribution in [1.82, 2.24) is 29.7 Å². The SMILES string of the molecule is O=C(CCNCc1ccc(Cc2ccc(C(F)(F)F)cc2)s1)N1CCc2nc(SC3CCC3)n(-c3cccc(O)c3)c(=O)c2C1.O=c1ccnc[nH]1. The Labute approximate surface area is 305 Å². The molecule has 1 aliphatic heterocycles. The number of hydrogen-bond acceptors (Lipinski definition) is 9. The van der Waals surface area contributed by atoms with Crippen LogP contribution in [0.15, 0.2) is 94.0 Å². The van der Waals surface area contributed by atoms with E-state index in [1.165, 1.54) is 37.1 Å². The molecule has 0 unspecified atom stereocenters. The standard InChI is InChI=1S/C33H33F3N4O3S2.C4H4N2O/c34-33(35,36)22-9-7-21(8-10-22)17-26-11-12-27(44-26)19-37-15-13-30(42)39-16-14-29-28(20-39)31(43)40(23-3-1-4-24(41)18-23)32(38-29)45-25-5-2-6-25;7-4-1-2-5-3-6-4/h1,3-4,7-12,18,25,37,41H,2,5-6,13-17,19-20H2;1-3H,(H,5,6,7). The Balaban J connectivity index is 0.000000594. The summed E-state index contributed by atoms with van der Waals surface area (Å²) in [6, 6.07) is 17.2. The molecule has 1 fully saturated rings. The zero-order chi connectivity index (χ0) is 36.7. The number of H-pyrrole nitrogens is 1. The van der Waals surface area contributed by atoms with Gasteiger partial charge in [0.25, 0.3) is 11.1 Å². The van der Waals surface area contributed by atoms with Gasteiger partial charge in [0.2, 0.25) is 5.91 Å². The maximum atomic E-state index is 13.8. The molecule has 0 bridgehead atoms. The lowest BCUT2D eigenvalue weighted by Gasteiger charge is -2.30. The summed E-state index contributed by atoms with van der Waals surface area (Å²) in [4.78, 5) is 51.8. The molecule has 4 heterocycles. The van der Waals surface area contributed by atoms with Gasteiger partial charge in [-0.05, 0) is 54.8 Å². The smallest absolute Gasteiger partial charge is 0.416 e. The molecule has 0 saturated heterocycles. The second-order valence-electron chi connectivity index (χ2n) is 12.5. The quantitative estimate of drug-likeness (QED) is 0.116. The Morgan fingerprint density at radius 3 is 2.50 bits per heavy atom. The molecule has 15 heteroatoms. The van der Waals surface area contributed by atoms with E-state index in [-0.39, 0.29) is 35.7 Å². The number of amides is 1. The molecule has 3 aromatic heterocycles. The Hall–Kier alpha value is -4.73. The number of aromatic hydroxyl groups is 1. The third-order valence-corrected chi connectivity index (χ3v) is 11.1. The van der Waals surface area contributed by atoms with E-state index in [9.17, 15) is 32.7 Å². The van der Waals surface area contributed by atoms with Crippen molar-refractivity contribution >= 4 is 29.0 Å². The minimum Gasteiger partial charge on any atom is -0.508 e. The molecule has 10 nitrogen and oxygen atoms in total. The maximum absolute atomic E-state index is 13.8. The predicted molar refractivity (Wildman–Crippen MR) is 194 cm³/mol. The molecule has 2 aromatic carbocycles. The fourth-order valence-corrected chi connectivity index (χ4v) is 8.08. The van der Waals surface area contributed by atoms with E-state index in [2.05, 4.69) is 15.3 Å². The van der Waals surface area contributed by atoms with Gasteiger partial charge in [-0.3, -0.25) is 19.0 Å². The molecule has 52 heavy (non-hydrogen) atoms. The van der Waals surface area contributed by atoms with Crippen LogP contribution >= 0.6 is 23.1 Å². The number of alkyl halides is 3. The van der Waals surface area contributed by atoms with Crippen LogP contribution in [0, 0.1) is 0 Å². The van der Waals surface area contributed by atoms with E-state index < -0.39 is 11.7 Å². The summed E-state index contributed by atoms with van der Waals surface area (Å²) >= 11 is 3.20. The number of thiophene rings is 1. The maximum Gasteiger partial charge on any atom is 0.416 e. The predicted octanol–water partition coefficient (Wildman–Crippen LogP) is 6.09. The molecule has 0 radical (unpaired) electrons. The molecule has 0 spiro atoms. The molecule has 1 saturated carbocycles. The topological polar surface area (TPSA) is 133 Å². The fourth-order valence-electron chi connectivity index (χ4n) is 5.74. The second kappa shape index (κ2) is 16.7. The highest BCUT2D eigenvalue weighted by Gasteiger charge is 2.30. The van der Waals surface area contributed by atoms with Crippen molar-refractivity contribution in [2.24, 2.45) is 0 Å². The summed E-state index contributed by atoms with van der Waals surface area (Å²) < 4.78 is 40.0. The van der Waals surface area contributed by atoms with Crippen molar-refractivity contribution < 1.29 is 23.1 Å². The van der Waals surface area contributed by atoms with Crippen molar-refractivity contribution in [1.29, 1.82) is 0 Å². The van der Waals surface area contributed by atoms with Crippen LogP contribution in [0.2, 0.25) is 0 Å². The number of carbonyl (C=O) groups is 1. The van der Waals surface area contributed by atoms with Crippen molar-refractivity contribution in [3.63, 3.8) is 0 Å². The fraction of sp³-hybridized carbons (Fsp3) is 0.324. The number of aromatic nitrogens is 4. The van der Waals surface area contributed by atoms with Gasteiger partial charge in [-0.25, -0.2) is 9.97 Å². The number of nitrogens with zero attached hydrogens (tertiary/aromatic N) is 4. The molecule has 5 aromatic rings. The van der Waals surface area contributed by atoms with Crippen LogP contribution in [0.1, 0.15) is 57.8 Å². The monoisotopic (exact) mass is 750 g/mol. The lowest BCUT2D eigenvalue weighted by molar-refractivity contribution is -0.137. The van der Waals surface area contributed by atoms with Crippen LogP contribution in [0.5, 0.6) is 5.75 Å². The van der Waals surface area contributed by atoms with Gasteiger partial charge in [-0.15, -0.1) is 11.3 Å². The van der Waals surface area contributed by atoms with Crippen LogP contribution in [0.3, 0.4) is 0 Å². The summed E-state index contributed by atoms with van der Waals surface area (Å²) in [6.45, 7) is 1.75. The van der Waals surface area contributed by atoms with Crippen LogP contribution in [-0.2, 0) is 36.9 Å². The number of nitrogens with one attached hydrogen (secondary N) is 2. The number of halogens is 3. The first-order chi connectivity index (χ1) is 25.0. The normalized spacial score (nSPS) is 14.2. The Kier molecular flexibility index (Phi) is 11.9. The van der Waals surface area contributed by atoms with Gasteiger partial charge >= 0.3 is 6.18 Å². The van der Waals surface area contributed by atoms with Gasteiger partial charge in [-0.2, -0.15) is 13.2 Å². The van der Waals surface area contributed by atoms with Crippen molar-refractivity contribution in [3.05, 3.63) is 132 Å². The van der Waals surface area contributed by atoms with Crippen molar-refractivity contribution in [3.8, 4) is 11.4 Å². The first-order valence-corrected chi connectivity index (χ1v) is 18.5. The Morgan fingerprint density at radius 1 is 1.06 bits per heavy atom. The summed E-state index contributed by atoms with van der Waals surface area (Å²) in [7, 11) is 0. The van der Waals surface area contributed by atoms with Crippen molar-refractivity contribution in [2.75, 3.05) is 13.1 Å². The molecule has 2 aliphatic rings. The minimum atomic E-state index is -4.34. The van der Waals surface area contributed by atoms with E-state index in [0.29, 0.717) is 54.1 Å². The summed E-state index contributed by atoms with van der Waals surface area (Å²) in [6.07, 6.45) is 3.15. The van der Waals surface area contributed by atoms with Crippen LogP contribution in [0.4, 0.5) is 13.2 Å². The molecule has 7 rings (SSSR count). The van der Waals surface area contributed by atoms with E-state index >= 15 is 0 Å². The minimum absolute atomic E-state index is 0.0430. The van der Waals surface area contributed by atoms with E-state index in [0.717, 1.165) is 46.0 Å². The lowest BCUT2D eigenvalue weighted by Crippen LogP contribution is -2.42. The molecular formula is C37H37F3N6O4S2. The summed E-state index contributed by atoms with van der Waals surface area (Å²) in [5, 5.41) is 14.5. The van der Waals surface area contributed by atoms with Gasteiger partial charge in [0, 0.05) is 72.2 Å². The van der Waals surface area contributed by atoms with E-state index in [4.69, 9.17) is 4.98 Å². The van der Waals surface area contributed by atoms with E-state index in [1.54, 1.807) is 56.8 Å². The Bertz CT molecular complexity index is 2090. The molecule has 0 atom stereocenters. The van der Waals surface area contributed by atoms with Gasteiger partial charge in [0.1, 0.15) is 5.75 Å². The number of carbonyl (C=O) groups excluding carboxylic acids is 1. The zero-order valence-corrected chi connectivity index (χ0v) is 29.7. The molecule has 3 N–H and O–H groups in total. The summed E-state index contributed by atoms with van der Waals surface area (Å²) in [5.74, 6) is 0.0255. The van der Waals surface area contributed by atoms with Crippen LogP contribution < -0.4 is 16.4 Å². The highest BCUT2D eigenvalue weighted by Crippen LogP contribution is 2.37. The number of benzene rings is 2. The van der Waals surface area contributed by atoms with Crippen LogP contribution in [0.25, 0.3) is 5.69 Å². The summed E-state index contributed by atoms with van der Waals surface area (Å²) in [5.41, 5.74) is 1.66. The Morgan fingerprint density at radius 2 is 1.85 bits per heavy atom. The largest absolute Gasteiger partial charge is 0.508 e. The second-order valence-corrected chi connectivity index (χ2v) is 15.0. The average molecular weight is 751 g/mol. The van der Waals surface area contributed by atoms with Gasteiger partial charge < -0.3 is 20.3 Å². The number of rotatable bonds is 10. The van der Waals surface area contributed by atoms with Gasteiger partial charge in [-0.1, -0.05) is 36.4 Å². The first-order valence-electron chi connectivity index (χ1n) is 16.9. The molecule has 272 valence electrons. The molecule has 1 amide bonds. The van der Waals surface area contributed by atoms with Crippen molar-refractivity contribution in [2.45, 2.75) is 68.2 Å². The van der Waals surface area contributed by atoms with Gasteiger partial charge in [0.05, 0.1) is 35.4 Å². The third kappa shape index (κ3) is 9.57.